The first kappa shape index (κ1) is 19.2. The van der Waals surface area contributed by atoms with Gasteiger partial charge in [-0.1, -0.05) is 12.1 Å². The molecule has 0 amide bonds. The summed E-state index contributed by atoms with van der Waals surface area (Å²) in [6.45, 7) is 0.515. The Morgan fingerprint density at radius 1 is 1.26 bits per heavy atom. The number of pyridine rings is 1. The molecule has 0 fully saturated rings. The third-order valence-electron chi connectivity index (χ3n) is 4.51. The average Bonchev–Trinajstić information content (AvgIpc) is 3.05. The Kier molecular flexibility index (Phi) is 6.01. The minimum atomic E-state index is -2.63. The number of fused-ring (bicyclic) bond motifs is 1. The van der Waals surface area contributed by atoms with E-state index in [0.717, 1.165) is 5.56 Å². The van der Waals surface area contributed by atoms with Crippen LogP contribution in [0.3, 0.4) is 0 Å². The van der Waals surface area contributed by atoms with E-state index >= 15 is 0 Å². The summed E-state index contributed by atoms with van der Waals surface area (Å²) in [4.78, 5) is 20.5. The first-order valence-electron chi connectivity index (χ1n) is 8.54. The number of hydrogen-bond donors (Lipinski definition) is 0. The second-order valence-corrected chi connectivity index (χ2v) is 6.46. The van der Waals surface area contributed by atoms with Gasteiger partial charge < -0.3 is 4.74 Å². The molecule has 0 saturated heterocycles. The van der Waals surface area contributed by atoms with Crippen molar-refractivity contribution in [3.05, 3.63) is 64.7 Å². The molecule has 1 atom stereocenters. The number of methoxy groups -OCH3 is 1. The maximum atomic E-state index is 13.1. The minimum Gasteiger partial charge on any atom is -0.384 e. The molecule has 0 N–H and O–H groups in total. The molecule has 2 heterocycles. The third kappa shape index (κ3) is 4.60. The van der Waals surface area contributed by atoms with Gasteiger partial charge in [0.2, 0.25) is 0 Å². The summed E-state index contributed by atoms with van der Waals surface area (Å²) in [5.41, 5.74) is 2.12. The van der Waals surface area contributed by atoms with Crippen molar-refractivity contribution in [2.45, 2.75) is 31.7 Å². The maximum Gasteiger partial charge on any atom is 0.280 e. The Hall–Kier alpha value is -2.54. The molecule has 2 aromatic rings. The van der Waals surface area contributed by atoms with E-state index in [9.17, 15) is 18.0 Å². The van der Waals surface area contributed by atoms with Crippen LogP contribution in [0.15, 0.2) is 41.5 Å². The molecule has 0 saturated carbocycles. The van der Waals surface area contributed by atoms with Gasteiger partial charge >= 0.3 is 0 Å². The standard InChI is InChI=1S/C20H19F3N2O2/c1-27-11-14(12-2-4-15(21)5-3-12)7-17(26)8-16-6-13-9-25-19(20(22)23)18(13)10-24-16/h2-6,10,14,20H,7-9,11H2,1H3/t14-/m1/s1. The number of halogens is 3. The van der Waals surface area contributed by atoms with Gasteiger partial charge in [-0.3, -0.25) is 14.8 Å². The SMILES string of the molecule is COC[C@@H](CC(=O)Cc1cc2c(cn1)C(C(F)F)=NC2)c1ccc(F)cc1. The highest BCUT2D eigenvalue weighted by Gasteiger charge is 2.24. The van der Waals surface area contributed by atoms with Crippen LogP contribution in [0.4, 0.5) is 13.2 Å². The molecule has 1 aliphatic rings. The lowest BCUT2D eigenvalue weighted by Gasteiger charge is -2.16. The van der Waals surface area contributed by atoms with Crippen molar-refractivity contribution < 1.29 is 22.7 Å². The molecule has 1 aromatic carbocycles. The Bertz CT molecular complexity index is 851. The summed E-state index contributed by atoms with van der Waals surface area (Å²) < 4.78 is 44.1. The molecular formula is C20H19F3N2O2. The van der Waals surface area contributed by atoms with E-state index in [1.807, 2.05) is 0 Å². The molecule has 27 heavy (non-hydrogen) atoms. The molecule has 4 nitrogen and oxygen atoms in total. The Morgan fingerprint density at radius 2 is 2.00 bits per heavy atom. The second kappa shape index (κ2) is 8.43. The monoisotopic (exact) mass is 376 g/mol. The molecule has 0 unspecified atom stereocenters. The van der Waals surface area contributed by atoms with Crippen molar-refractivity contribution in [1.29, 1.82) is 0 Å². The fourth-order valence-corrected chi connectivity index (χ4v) is 3.20. The molecule has 1 aliphatic heterocycles. The van der Waals surface area contributed by atoms with Gasteiger partial charge in [-0.15, -0.1) is 0 Å². The lowest BCUT2D eigenvalue weighted by Crippen LogP contribution is -2.15. The number of ketones is 1. The van der Waals surface area contributed by atoms with E-state index in [1.165, 1.54) is 18.3 Å². The van der Waals surface area contributed by atoms with Crippen LogP contribution in [0.1, 0.15) is 34.7 Å². The fraction of sp³-hybridized carbons (Fsp3) is 0.350. The van der Waals surface area contributed by atoms with Crippen molar-refractivity contribution in [3.63, 3.8) is 0 Å². The predicted octanol–water partition coefficient (Wildman–Crippen LogP) is 3.72. The van der Waals surface area contributed by atoms with Gasteiger partial charge in [0.1, 0.15) is 17.3 Å². The second-order valence-electron chi connectivity index (χ2n) is 6.46. The van der Waals surface area contributed by atoms with Crippen LogP contribution in [-0.2, 0) is 22.5 Å². The highest BCUT2D eigenvalue weighted by atomic mass is 19.3. The van der Waals surface area contributed by atoms with Gasteiger partial charge in [-0.05, 0) is 29.3 Å². The van der Waals surface area contributed by atoms with Crippen molar-refractivity contribution in [3.8, 4) is 0 Å². The zero-order chi connectivity index (χ0) is 19.4. The van der Waals surface area contributed by atoms with E-state index in [0.29, 0.717) is 23.4 Å². The van der Waals surface area contributed by atoms with Crippen molar-refractivity contribution >= 4 is 11.5 Å². The summed E-state index contributed by atoms with van der Waals surface area (Å²) in [5.74, 6) is -0.581. The highest BCUT2D eigenvalue weighted by Crippen LogP contribution is 2.24. The van der Waals surface area contributed by atoms with Crippen LogP contribution >= 0.6 is 0 Å². The first-order chi connectivity index (χ1) is 13.0. The Balaban J connectivity index is 1.67. The maximum absolute atomic E-state index is 13.1. The summed E-state index contributed by atoms with van der Waals surface area (Å²) in [7, 11) is 1.55. The van der Waals surface area contributed by atoms with Crippen LogP contribution < -0.4 is 0 Å². The smallest absolute Gasteiger partial charge is 0.280 e. The quantitative estimate of drug-likeness (QED) is 0.706. The molecule has 3 rings (SSSR count). The minimum absolute atomic E-state index is 0.0539. The van der Waals surface area contributed by atoms with Crippen LogP contribution in [0.5, 0.6) is 0 Å². The Labute approximate surface area is 155 Å². The number of Topliss-reactive ketones (excluding diaryl/α,β-unsaturated/α-hetero) is 1. The largest absolute Gasteiger partial charge is 0.384 e. The highest BCUT2D eigenvalue weighted by molar-refractivity contribution is 6.05. The fourth-order valence-electron chi connectivity index (χ4n) is 3.20. The van der Waals surface area contributed by atoms with Gasteiger partial charge in [0, 0.05) is 43.3 Å². The number of carbonyl (C=O) groups is 1. The van der Waals surface area contributed by atoms with E-state index in [4.69, 9.17) is 4.74 Å². The average molecular weight is 376 g/mol. The molecule has 1 aromatic heterocycles. The van der Waals surface area contributed by atoms with Gasteiger partial charge in [0.05, 0.1) is 13.2 Å². The number of aliphatic imine (C=N–C) groups is 1. The molecule has 0 radical (unpaired) electrons. The zero-order valence-corrected chi connectivity index (χ0v) is 14.8. The lowest BCUT2D eigenvalue weighted by molar-refractivity contribution is -0.119. The summed E-state index contributed by atoms with van der Waals surface area (Å²) in [6, 6.07) is 7.65. The van der Waals surface area contributed by atoms with Gasteiger partial charge in [0.25, 0.3) is 6.43 Å². The number of benzene rings is 1. The molecule has 0 spiro atoms. The van der Waals surface area contributed by atoms with E-state index in [2.05, 4.69) is 9.98 Å². The number of aromatic nitrogens is 1. The molecular weight excluding hydrogens is 357 g/mol. The van der Waals surface area contributed by atoms with E-state index in [1.54, 1.807) is 25.3 Å². The number of carbonyl (C=O) groups excluding carboxylic acids is 1. The number of nitrogens with zero attached hydrogens (tertiary/aromatic N) is 2. The van der Waals surface area contributed by atoms with E-state index < -0.39 is 6.43 Å². The molecule has 7 heteroatoms. The topological polar surface area (TPSA) is 51.5 Å². The zero-order valence-electron chi connectivity index (χ0n) is 14.8. The van der Waals surface area contributed by atoms with Crippen LogP contribution in [0, 0.1) is 5.82 Å². The number of alkyl halides is 2. The molecule has 0 aliphatic carbocycles. The van der Waals surface area contributed by atoms with Crippen LogP contribution in [0.2, 0.25) is 0 Å². The lowest BCUT2D eigenvalue weighted by atomic mass is 9.93. The van der Waals surface area contributed by atoms with Crippen molar-refractivity contribution in [2.24, 2.45) is 4.99 Å². The van der Waals surface area contributed by atoms with E-state index in [-0.39, 0.29) is 42.6 Å². The number of rotatable bonds is 8. The van der Waals surface area contributed by atoms with Gasteiger partial charge in [-0.25, -0.2) is 13.2 Å². The molecule has 0 bridgehead atoms. The predicted molar refractivity (Wildman–Crippen MR) is 94.8 cm³/mol. The normalized spacial score (nSPS) is 14.2. The summed E-state index contributed by atoms with van der Waals surface area (Å²) in [5, 5.41) is 0. The molecule has 142 valence electrons. The van der Waals surface area contributed by atoms with Crippen LogP contribution in [0.25, 0.3) is 0 Å². The van der Waals surface area contributed by atoms with Gasteiger partial charge in [0.15, 0.2) is 0 Å². The van der Waals surface area contributed by atoms with Crippen molar-refractivity contribution in [1.82, 2.24) is 4.98 Å². The summed E-state index contributed by atoms with van der Waals surface area (Å²) in [6.07, 6.45) is -0.954. The number of hydrogen-bond acceptors (Lipinski definition) is 4. The first-order valence-corrected chi connectivity index (χ1v) is 8.54. The van der Waals surface area contributed by atoms with Gasteiger partial charge in [-0.2, -0.15) is 0 Å². The summed E-state index contributed by atoms with van der Waals surface area (Å²) >= 11 is 0. The third-order valence-corrected chi connectivity index (χ3v) is 4.51. The van der Waals surface area contributed by atoms with Crippen LogP contribution in [-0.4, -0.2) is 36.6 Å². The number of ether oxygens (including phenoxy) is 1. The van der Waals surface area contributed by atoms with Crippen molar-refractivity contribution in [2.75, 3.05) is 13.7 Å². The Morgan fingerprint density at radius 3 is 2.67 bits per heavy atom.